The standard InChI is InChI=1S/C17H19ClFN3S/c1-22(2)16(12-7-3-4-8-13(12)18)11-20-17(23)21-15-10-6-5-9-14(15)19/h3-10,16H,11H2,1-2H3,(H2,20,21,23)/p+1/t16-/m1/s1. The molecule has 1 atom stereocenters. The molecule has 122 valence electrons. The maximum Gasteiger partial charge on any atom is 0.171 e. The molecule has 0 heterocycles. The van der Waals surface area contributed by atoms with Crippen LogP contribution in [0.1, 0.15) is 11.6 Å². The third-order valence-electron chi connectivity index (χ3n) is 3.57. The summed E-state index contributed by atoms with van der Waals surface area (Å²) in [6, 6.07) is 14.3. The molecule has 0 spiro atoms. The SMILES string of the molecule is C[NH+](C)[C@H](CNC(=S)Nc1ccccc1F)c1ccccc1Cl. The monoisotopic (exact) mass is 352 g/mol. The van der Waals surface area contributed by atoms with Crippen LogP contribution in [0.15, 0.2) is 48.5 Å². The molecule has 6 heteroatoms. The first-order valence-electron chi connectivity index (χ1n) is 7.33. The van der Waals surface area contributed by atoms with Crippen LogP contribution in [0.25, 0.3) is 0 Å². The average molecular weight is 353 g/mol. The predicted octanol–water partition coefficient (Wildman–Crippen LogP) is 2.65. The zero-order valence-corrected chi connectivity index (χ0v) is 14.6. The number of para-hydroxylation sites is 1. The fraction of sp³-hybridized carbons (Fsp3) is 0.235. The number of nitrogens with one attached hydrogen (secondary N) is 3. The van der Waals surface area contributed by atoms with Crippen molar-refractivity contribution in [2.75, 3.05) is 26.0 Å². The van der Waals surface area contributed by atoms with Gasteiger partial charge in [0, 0.05) is 10.6 Å². The summed E-state index contributed by atoms with van der Waals surface area (Å²) in [5.74, 6) is -0.336. The molecular weight excluding hydrogens is 333 g/mol. The van der Waals surface area contributed by atoms with Crippen molar-refractivity contribution in [3.8, 4) is 0 Å². The van der Waals surface area contributed by atoms with E-state index in [1.54, 1.807) is 18.2 Å². The van der Waals surface area contributed by atoms with E-state index in [2.05, 4.69) is 24.7 Å². The van der Waals surface area contributed by atoms with Crippen molar-refractivity contribution in [2.24, 2.45) is 0 Å². The second kappa shape index (κ2) is 8.24. The third-order valence-corrected chi connectivity index (χ3v) is 4.16. The average Bonchev–Trinajstić information content (AvgIpc) is 2.51. The molecule has 0 amide bonds. The molecule has 0 aliphatic carbocycles. The Morgan fingerprint density at radius 2 is 1.83 bits per heavy atom. The van der Waals surface area contributed by atoms with Gasteiger partial charge in [-0.15, -0.1) is 0 Å². The molecule has 23 heavy (non-hydrogen) atoms. The fourth-order valence-electron chi connectivity index (χ4n) is 2.31. The van der Waals surface area contributed by atoms with E-state index in [4.69, 9.17) is 23.8 Å². The van der Waals surface area contributed by atoms with Gasteiger partial charge < -0.3 is 15.5 Å². The summed E-state index contributed by atoms with van der Waals surface area (Å²) in [4.78, 5) is 1.22. The van der Waals surface area contributed by atoms with Crippen LogP contribution < -0.4 is 15.5 Å². The van der Waals surface area contributed by atoms with Crippen molar-refractivity contribution in [3.05, 3.63) is 64.9 Å². The van der Waals surface area contributed by atoms with Crippen molar-refractivity contribution in [1.29, 1.82) is 0 Å². The first kappa shape index (κ1) is 17.7. The molecule has 0 saturated carbocycles. The zero-order chi connectivity index (χ0) is 16.8. The largest absolute Gasteiger partial charge is 0.356 e. The van der Waals surface area contributed by atoms with E-state index in [0.29, 0.717) is 17.3 Å². The molecule has 2 rings (SSSR count). The highest BCUT2D eigenvalue weighted by Crippen LogP contribution is 2.20. The van der Waals surface area contributed by atoms with Gasteiger partial charge in [0.15, 0.2) is 5.11 Å². The van der Waals surface area contributed by atoms with Gasteiger partial charge in [0.05, 0.1) is 26.3 Å². The number of likely N-dealkylation sites (N-methyl/N-ethyl adjacent to an activating group) is 1. The molecule has 0 unspecified atom stereocenters. The third kappa shape index (κ3) is 4.89. The van der Waals surface area contributed by atoms with Crippen LogP contribution in [-0.2, 0) is 0 Å². The van der Waals surface area contributed by atoms with Crippen molar-refractivity contribution in [3.63, 3.8) is 0 Å². The highest BCUT2D eigenvalue weighted by atomic mass is 35.5. The van der Waals surface area contributed by atoms with Gasteiger partial charge in [0.25, 0.3) is 0 Å². The summed E-state index contributed by atoms with van der Waals surface area (Å²) in [7, 11) is 4.12. The zero-order valence-electron chi connectivity index (χ0n) is 13.1. The molecule has 2 aromatic rings. The Morgan fingerprint density at radius 1 is 1.17 bits per heavy atom. The number of benzene rings is 2. The topological polar surface area (TPSA) is 28.5 Å². The van der Waals surface area contributed by atoms with Crippen LogP contribution in [0, 0.1) is 5.82 Å². The Morgan fingerprint density at radius 3 is 2.48 bits per heavy atom. The summed E-state index contributed by atoms with van der Waals surface area (Å²) in [5.41, 5.74) is 1.41. The maximum absolute atomic E-state index is 13.6. The smallest absolute Gasteiger partial charge is 0.171 e. The minimum Gasteiger partial charge on any atom is -0.356 e. The van der Waals surface area contributed by atoms with Crippen LogP contribution in [-0.4, -0.2) is 25.8 Å². The van der Waals surface area contributed by atoms with Crippen LogP contribution >= 0.6 is 23.8 Å². The summed E-state index contributed by atoms with van der Waals surface area (Å²) in [5, 5.41) is 7.13. The van der Waals surface area contributed by atoms with Crippen molar-refractivity contribution >= 4 is 34.6 Å². The maximum atomic E-state index is 13.6. The molecule has 3 N–H and O–H groups in total. The lowest BCUT2D eigenvalue weighted by Crippen LogP contribution is -3.07. The normalized spacial score (nSPS) is 12.0. The Kier molecular flexibility index (Phi) is 6.33. The van der Waals surface area contributed by atoms with E-state index in [1.165, 1.54) is 11.0 Å². The lowest BCUT2D eigenvalue weighted by atomic mass is 10.1. The van der Waals surface area contributed by atoms with Crippen LogP contribution in [0.2, 0.25) is 5.02 Å². The summed E-state index contributed by atoms with van der Waals surface area (Å²) < 4.78 is 13.6. The number of thiocarbonyl (C=S) groups is 1. The lowest BCUT2D eigenvalue weighted by Gasteiger charge is -2.24. The van der Waals surface area contributed by atoms with Gasteiger partial charge in [0.1, 0.15) is 11.9 Å². The molecule has 0 aliphatic rings. The fourth-order valence-corrected chi connectivity index (χ4v) is 2.77. The first-order valence-corrected chi connectivity index (χ1v) is 8.11. The van der Waals surface area contributed by atoms with Gasteiger partial charge in [-0.2, -0.15) is 0 Å². The van der Waals surface area contributed by atoms with E-state index < -0.39 is 0 Å². The summed E-state index contributed by atoms with van der Waals surface area (Å²) >= 11 is 11.5. The summed E-state index contributed by atoms with van der Waals surface area (Å²) in [6.45, 7) is 0.590. The second-order valence-corrected chi connectivity index (χ2v) is 6.28. The predicted molar refractivity (Wildman–Crippen MR) is 97.6 cm³/mol. The molecule has 3 nitrogen and oxygen atoms in total. The number of anilines is 1. The summed E-state index contributed by atoms with van der Waals surface area (Å²) in [6.07, 6.45) is 0. The minimum absolute atomic E-state index is 0.129. The van der Waals surface area contributed by atoms with Gasteiger partial charge in [-0.25, -0.2) is 4.39 Å². The van der Waals surface area contributed by atoms with Gasteiger partial charge in [-0.1, -0.05) is 41.9 Å². The molecule has 0 aliphatic heterocycles. The van der Waals surface area contributed by atoms with E-state index in [9.17, 15) is 4.39 Å². The van der Waals surface area contributed by atoms with E-state index in [1.807, 2.05) is 24.3 Å². The Balaban J connectivity index is 2.01. The number of hydrogen-bond donors (Lipinski definition) is 3. The molecule has 0 aromatic heterocycles. The van der Waals surface area contributed by atoms with Gasteiger partial charge in [-0.3, -0.25) is 0 Å². The number of quaternary nitrogens is 1. The van der Waals surface area contributed by atoms with Crippen molar-refractivity contribution < 1.29 is 9.29 Å². The van der Waals surface area contributed by atoms with Crippen LogP contribution in [0.4, 0.5) is 10.1 Å². The number of halogens is 2. The molecule has 0 saturated heterocycles. The molecule has 0 fully saturated rings. The van der Waals surface area contributed by atoms with E-state index >= 15 is 0 Å². The molecule has 0 radical (unpaired) electrons. The van der Waals surface area contributed by atoms with E-state index in [0.717, 1.165) is 10.6 Å². The first-order chi connectivity index (χ1) is 11.0. The highest BCUT2D eigenvalue weighted by Gasteiger charge is 2.20. The van der Waals surface area contributed by atoms with Gasteiger partial charge in [0.2, 0.25) is 0 Å². The Hall–Kier alpha value is -1.69. The van der Waals surface area contributed by atoms with Crippen LogP contribution in [0.3, 0.4) is 0 Å². The van der Waals surface area contributed by atoms with Gasteiger partial charge >= 0.3 is 0 Å². The second-order valence-electron chi connectivity index (χ2n) is 5.47. The van der Waals surface area contributed by atoms with Crippen LogP contribution in [0.5, 0.6) is 0 Å². The lowest BCUT2D eigenvalue weighted by molar-refractivity contribution is -0.890. The Bertz CT molecular complexity index is 678. The highest BCUT2D eigenvalue weighted by molar-refractivity contribution is 7.80. The van der Waals surface area contributed by atoms with E-state index in [-0.39, 0.29) is 11.9 Å². The molecule has 0 bridgehead atoms. The number of rotatable bonds is 5. The Labute approximate surface area is 146 Å². The quantitative estimate of drug-likeness (QED) is 0.722. The van der Waals surface area contributed by atoms with Crippen molar-refractivity contribution in [1.82, 2.24) is 5.32 Å². The minimum atomic E-state index is -0.336. The van der Waals surface area contributed by atoms with Gasteiger partial charge in [-0.05, 0) is 30.4 Å². The van der Waals surface area contributed by atoms with Crippen molar-refractivity contribution in [2.45, 2.75) is 6.04 Å². The molecular formula is C17H20ClFN3S+. The molecule has 2 aromatic carbocycles. The number of hydrogen-bond acceptors (Lipinski definition) is 1.